The largest absolute Gasteiger partial charge is 0.466 e. The molecule has 0 saturated heterocycles. The minimum atomic E-state index is -0.189. The second kappa shape index (κ2) is 6.83. The van der Waals surface area contributed by atoms with Crippen LogP contribution >= 0.6 is 0 Å². The average molecular weight is 285 g/mol. The summed E-state index contributed by atoms with van der Waals surface area (Å²) in [4.78, 5) is 11.9. The number of ether oxygens (including phenoxy) is 1. The van der Waals surface area contributed by atoms with Gasteiger partial charge in [0.05, 0.1) is 11.7 Å². The molecule has 0 aliphatic rings. The first-order chi connectivity index (χ1) is 10.1. The molecular formula is C16H19N3O2. The van der Waals surface area contributed by atoms with Crippen molar-refractivity contribution in [2.75, 3.05) is 6.61 Å². The quantitative estimate of drug-likeness (QED) is 0.916. The molecule has 21 heavy (non-hydrogen) atoms. The molecule has 0 bridgehead atoms. The molecule has 0 fully saturated rings. The normalized spacial score (nSPS) is 11.8. The molecule has 0 spiro atoms. The van der Waals surface area contributed by atoms with E-state index in [-0.39, 0.29) is 18.6 Å². The van der Waals surface area contributed by atoms with Crippen molar-refractivity contribution in [3.05, 3.63) is 53.2 Å². The van der Waals surface area contributed by atoms with E-state index in [0.717, 1.165) is 16.8 Å². The molecule has 2 rings (SSSR count). The number of amides is 1. The number of aromatic nitrogens is 2. The third-order valence-electron chi connectivity index (χ3n) is 3.24. The first-order valence-corrected chi connectivity index (χ1v) is 6.84. The lowest BCUT2D eigenvalue weighted by molar-refractivity contribution is -0.123. The van der Waals surface area contributed by atoms with E-state index < -0.39 is 0 Å². The zero-order valence-corrected chi connectivity index (χ0v) is 12.5. The number of aryl methyl sites for hydroxylation is 2. The molecule has 1 amide bonds. The second-order valence-electron chi connectivity index (χ2n) is 4.94. The molecule has 1 aromatic heterocycles. The van der Waals surface area contributed by atoms with E-state index in [4.69, 9.17) is 4.74 Å². The van der Waals surface area contributed by atoms with E-state index in [9.17, 15) is 4.79 Å². The minimum Gasteiger partial charge on any atom is -0.466 e. The summed E-state index contributed by atoms with van der Waals surface area (Å²) in [6.07, 6.45) is 0. The van der Waals surface area contributed by atoms with E-state index >= 15 is 0 Å². The Balaban J connectivity index is 1.86. The number of carbonyl (C=O) groups is 1. The van der Waals surface area contributed by atoms with E-state index in [2.05, 4.69) is 15.5 Å². The van der Waals surface area contributed by atoms with Crippen LogP contribution in [0.4, 0.5) is 0 Å². The van der Waals surface area contributed by atoms with Crippen molar-refractivity contribution in [3.63, 3.8) is 0 Å². The summed E-state index contributed by atoms with van der Waals surface area (Å²) < 4.78 is 5.35. The predicted octanol–water partition coefficient (Wildman–Crippen LogP) is 2.35. The standard InChI is InChI=1S/C16H19N3O2/c1-11-9-16(19-18-12(11)2)21-10-15(20)17-13(3)14-7-5-4-6-8-14/h4-9,13H,10H2,1-3H3,(H,17,20). The highest BCUT2D eigenvalue weighted by atomic mass is 16.5. The van der Waals surface area contributed by atoms with Crippen LogP contribution in [0.3, 0.4) is 0 Å². The number of carbonyl (C=O) groups excluding carboxylic acids is 1. The highest BCUT2D eigenvalue weighted by Gasteiger charge is 2.10. The maximum absolute atomic E-state index is 11.9. The molecule has 1 heterocycles. The SMILES string of the molecule is Cc1cc(OCC(=O)NC(C)c2ccccc2)nnc1C. The third kappa shape index (κ3) is 4.27. The Labute approximate surface area is 124 Å². The first-order valence-electron chi connectivity index (χ1n) is 6.84. The molecule has 1 atom stereocenters. The Morgan fingerprint density at radius 3 is 2.62 bits per heavy atom. The van der Waals surface area contributed by atoms with Gasteiger partial charge in [0.1, 0.15) is 0 Å². The number of rotatable bonds is 5. The van der Waals surface area contributed by atoms with Crippen molar-refractivity contribution in [1.82, 2.24) is 15.5 Å². The van der Waals surface area contributed by atoms with Gasteiger partial charge in [-0.05, 0) is 31.9 Å². The molecule has 5 nitrogen and oxygen atoms in total. The van der Waals surface area contributed by atoms with Crippen LogP contribution in [0.25, 0.3) is 0 Å². The van der Waals surface area contributed by atoms with Crippen LogP contribution in [0, 0.1) is 13.8 Å². The molecule has 2 aromatic rings. The van der Waals surface area contributed by atoms with E-state index in [1.54, 1.807) is 6.07 Å². The Bertz CT molecular complexity index is 614. The average Bonchev–Trinajstić information content (AvgIpc) is 2.49. The van der Waals surface area contributed by atoms with Gasteiger partial charge in [-0.3, -0.25) is 4.79 Å². The zero-order valence-electron chi connectivity index (χ0n) is 12.5. The summed E-state index contributed by atoms with van der Waals surface area (Å²) in [5, 5.41) is 10.7. The highest BCUT2D eigenvalue weighted by Crippen LogP contribution is 2.12. The predicted molar refractivity (Wildman–Crippen MR) is 80.0 cm³/mol. The molecule has 1 aromatic carbocycles. The van der Waals surface area contributed by atoms with Gasteiger partial charge in [0, 0.05) is 6.07 Å². The van der Waals surface area contributed by atoms with Crippen LogP contribution in [0.1, 0.15) is 29.8 Å². The van der Waals surface area contributed by atoms with Gasteiger partial charge in [-0.25, -0.2) is 0 Å². The number of nitrogens with zero attached hydrogens (tertiary/aromatic N) is 2. The van der Waals surface area contributed by atoms with Crippen LogP contribution in [-0.4, -0.2) is 22.7 Å². The molecular weight excluding hydrogens is 266 g/mol. The molecule has 0 aliphatic carbocycles. The van der Waals surface area contributed by atoms with Crippen LogP contribution < -0.4 is 10.1 Å². The minimum absolute atomic E-state index is 0.0619. The smallest absolute Gasteiger partial charge is 0.258 e. The lowest BCUT2D eigenvalue weighted by Crippen LogP contribution is -2.31. The van der Waals surface area contributed by atoms with Gasteiger partial charge in [0.25, 0.3) is 5.91 Å². The summed E-state index contributed by atoms with van der Waals surface area (Å²) in [6.45, 7) is 5.66. The fourth-order valence-electron chi connectivity index (χ4n) is 1.84. The fourth-order valence-corrected chi connectivity index (χ4v) is 1.84. The summed E-state index contributed by atoms with van der Waals surface area (Å²) in [5.74, 6) is 0.173. The maximum atomic E-state index is 11.9. The zero-order chi connectivity index (χ0) is 15.2. The van der Waals surface area contributed by atoms with Gasteiger partial charge in [0.2, 0.25) is 5.88 Å². The van der Waals surface area contributed by atoms with Crippen LogP contribution in [0.2, 0.25) is 0 Å². The van der Waals surface area contributed by atoms with Crippen LogP contribution in [0.5, 0.6) is 5.88 Å². The molecule has 1 N–H and O–H groups in total. The van der Waals surface area contributed by atoms with Crippen molar-refractivity contribution in [3.8, 4) is 5.88 Å². The van der Waals surface area contributed by atoms with Gasteiger partial charge in [-0.1, -0.05) is 30.3 Å². The monoisotopic (exact) mass is 285 g/mol. The second-order valence-corrected chi connectivity index (χ2v) is 4.94. The maximum Gasteiger partial charge on any atom is 0.258 e. The van der Waals surface area contributed by atoms with Gasteiger partial charge >= 0.3 is 0 Å². The Morgan fingerprint density at radius 1 is 1.24 bits per heavy atom. The van der Waals surface area contributed by atoms with Crippen LogP contribution in [0.15, 0.2) is 36.4 Å². The number of nitrogens with one attached hydrogen (secondary N) is 1. The lowest BCUT2D eigenvalue weighted by Gasteiger charge is -2.14. The Hall–Kier alpha value is -2.43. The Morgan fingerprint density at radius 2 is 1.95 bits per heavy atom. The Kier molecular flexibility index (Phi) is 4.87. The fraction of sp³-hybridized carbons (Fsp3) is 0.312. The van der Waals surface area contributed by atoms with Crippen molar-refractivity contribution < 1.29 is 9.53 Å². The summed E-state index contributed by atoms with van der Waals surface area (Å²) in [7, 11) is 0. The van der Waals surface area contributed by atoms with Gasteiger partial charge in [-0.2, -0.15) is 5.10 Å². The molecule has 0 saturated carbocycles. The van der Waals surface area contributed by atoms with E-state index in [1.807, 2.05) is 51.1 Å². The number of hydrogen-bond acceptors (Lipinski definition) is 4. The topological polar surface area (TPSA) is 64.1 Å². The molecule has 0 radical (unpaired) electrons. The number of benzene rings is 1. The molecule has 1 unspecified atom stereocenters. The summed E-state index contributed by atoms with van der Waals surface area (Å²) in [5.41, 5.74) is 2.89. The molecule has 110 valence electrons. The van der Waals surface area contributed by atoms with E-state index in [0.29, 0.717) is 5.88 Å². The van der Waals surface area contributed by atoms with Gasteiger partial charge < -0.3 is 10.1 Å². The molecule has 0 aliphatic heterocycles. The van der Waals surface area contributed by atoms with Crippen molar-refractivity contribution in [2.45, 2.75) is 26.8 Å². The van der Waals surface area contributed by atoms with Crippen molar-refractivity contribution in [1.29, 1.82) is 0 Å². The summed E-state index contributed by atoms with van der Waals surface area (Å²) in [6, 6.07) is 11.5. The highest BCUT2D eigenvalue weighted by molar-refractivity contribution is 5.77. The molecule has 5 heteroatoms. The van der Waals surface area contributed by atoms with Crippen molar-refractivity contribution in [2.24, 2.45) is 0 Å². The first kappa shape index (κ1) is 15.0. The number of hydrogen-bond donors (Lipinski definition) is 1. The van der Waals surface area contributed by atoms with Gasteiger partial charge in [0.15, 0.2) is 6.61 Å². The third-order valence-corrected chi connectivity index (χ3v) is 3.24. The van der Waals surface area contributed by atoms with E-state index in [1.165, 1.54) is 0 Å². The van der Waals surface area contributed by atoms with Gasteiger partial charge in [-0.15, -0.1) is 5.10 Å². The summed E-state index contributed by atoms with van der Waals surface area (Å²) >= 11 is 0. The van der Waals surface area contributed by atoms with Crippen LogP contribution in [-0.2, 0) is 4.79 Å². The van der Waals surface area contributed by atoms with Crippen molar-refractivity contribution >= 4 is 5.91 Å². The lowest BCUT2D eigenvalue weighted by atomic mass is 10.1.